The Kier molecular flexibility index (Phi) is 5.11. The number of benzene rings is 1. The second kappa shape index (κ2) is 7.48. The molecule has 9 heteroatoms. The molecule has 0 spiro atoms. The molecule has 3 amide bonds. The minimum atomic E-state index is -1.18. The van der Waals surface area contributed by atoms with Crippen LogP contribution in [-0.4, -0.2) is 51.9 Å². The molecule has 9 nitrogen and oxygen atoms in total. The van der Waals surface area contributed by atoms with E-state index in [-0.39, 0.29) is 18.7 Å². The Morgan fingerprint density at radius 3 is 2.67 bits per heavy atom. The van der Waals surface area contributed by atoms with Gasteiger partial charge in [-0.2, -0.15) is 0 Å². The minimum absolute atomic E-state index is 0.0886. The van der Waals surface area contributed by atoms with Crippen molar-refractivity contribution in [3.63, 3.8) is 0 Å². The quantitative estimate of drug-likeness (QED) is 0.472. The summed E-state index contributed by atoms with van der Waals surface area (Å²) >= 11 is 0. The molecule has 2 heterocycles. The monoisotopic (exact) mass is 372 g/mol. The third-order valence-electron chi connectivity index (χ3n) is 4.51. The van der Waals surface area contributed by atoms with Crippen molar-refractivity contribution >= 4 is 34.6 Å². The first-order chi connectivity index (χ1) is 12.8. The summed E-state index contributed by atoms with van der Waals surface area (Å²) in [4.78, 5) is 50.4. The molecule has 142 valence electrons. The van der Waals surface area contributed by atoms with Gasteiger partial charge in [0.2, 0.25) is 17.7 Å². The third-order valence-corrected chi connectivity index (χ3v) is 4.51. The Labute approximate surface area is 154 Å². The summed E-state index contributed by atoms with van der Waals surface area (Å²) in [7, 11) is 0. The van der Waals surface area contributed by atoms with Gasteiger partial charge in [0.15, 0.2) is 0 Å². The number of aliphatic carboxylic acids is 1. The predicted octanol–water partition coefficient (Wildman–Crippen LogP) is -0.327. The van der Waals surface area contributed by atoms with Crippen molar-refractivity contribution in [1.82, 2.24) is 20.9 Å². The van der Waals surface area contributed by atoms with Gasteiger partial charge in [0.25, 0.3) is 0 Å². The Morgan fingerprint density at radius 1 is 1.19 bits per heavy atom. The smallest absolute Gasteiger partial charge is 0.326 e. The second-order valence-corrected chi connectivity index (χ2v) is 6.52. The summed E-state index contributed by atoms with van der Waals surface area (Å²) in [5, 5.41) is 17.7. The van der Waals surface area contributed by atoms with E-state index in [0.29, 0.717) is 0 Å². The van der Waals surface area contributed by atoms with Gasteiger partial charge < -0.3 is 26.0 Å². The van der Waals surface area contributed by atoms with Gasteiger partial charge in [-0.25, -0.2) is 4.79 Å². The van der Waals surface area contributed by atoms with E-state index in [1.54, 1.807) is 6.20 Å². The van der Waals surface area contributed by atoms with Crippen LogP contribution in [0.4, 0.5) is 0 Å². The number of aromatic amines is 1. The van der Waals surface area contributed by atoms with Crippen LogP contribution >= 0.6 is 0 Å². The van der Waals surface area contributed by atoms with Gasteiger partial charge in [0.05, 0.1) is 6.42 Å². The number of carbonyl (C=O) groups is 4. The number of hydrogen-bond donors (Lipinski definition) is 5. The topological polar surface area (TPSA) is 140 Å². The fourth-order valence-electron chi connectivity index (χ4n) is 3.04. The molecule has 0 radical (unpaired) electrons. The first-order valence-electron chi connectivity index (χ1n) is 8.53. The van der Waals surface area contributed by atoms with E-state index in [1.165, 1.54) is 6.92 Å². The summed E-state index contributed by atoms with van der Waals surface area (Å²) in [5.74, 6) is -2.67. The number of H-pyrrole nitrogens is 1. The molecule has 2 aromatic rings. The van der Waals surface area contributed by atoms with Gasteiger partial charge in [-0.15, -0.1) is 0 Å². The molecule has 1 aliphatic heterocycles. The highest BCUT2D eigenvalue weighted by atomic mass is 16.4. The van der Waals surface area contributed by atoms with Crippen LogP contribution in [0.5, 0.6) is 0 Å². The number of carbonyl (C=O) groups excluding carboxylic acids is 3. The summed E-state index contributed by atoms with van der Waals surface area (Å²) in [6.07, 6.45) is 1.47. The summed E-state index contributed by atoms with van der Waals surface area (Å²) in [6.45, 7) is 1.53. The largest absolute Gasteiger partial charge is 0.480 e. The molecule has 1 fully saturated rings. The highest BCUT2D eigenvalue weighted by Crippen LogP contribution is 2.19. The Hall–Kier alpha value is -3.36. The lowest BCUT2D eigenvalue weighted by Crippen LogP contribution is -2.61. The first kappa shape index (κ1) is 18.4. The zero-order valence-electron chi connectivity index (χ0n) is 14.6. The number of amides is 3. The van der Waals surface area contributed by atoms with Gasteiger partial charge >= 0.3 is 5.97 Å². The second-order valence-electron chi connectivity index (χ2n) is 6.52. The van der Waals surface area contributed by atoms with E-state index >= 15 is 0 Å². The van der Waals surface area contributed by atoms with Crippen LogP contribution in [0.1, 0.15) is 18.9 Å². The number of aromatic nitrogens is 1. The van der Waals surface area contributed by atoms with E-state index in [9.17, 15) is 24.3 Å². The number of hydrogen-bond acceptors (Lipinski definition) is 4. The maximum Gasteiger partial charge on any atom is 0.326 e. The molecule has 3 rings (SSSR count). The van der Waals surface area contributed by atoms with Gasteiger partial charge in [0.1, 0.15) is 18.1 Å². The number of nitrogens with one attached hydrogen (secondary N) is 4. The maximum absolute atomic E-state index is 12.2. The van der Waals surface area contributed by atoms with Crippen LogP contribution in [0.2, 0.25) is 0 Å². The van der Waals surface area contributed by atoms with Crippen LogP contribution in [0.3, 0.4) is 0 Å². The number of rotatable bonds is 6. The molecular weight excluding hydrogens is 352 g/mol. The third kappa shape index (κ3) is 4.08. The van der Waals surface area contributed by atoms with Crippen molar-refractivity contribution in [3.05, 3.63) is 36.0 Å². The summed E-state index contributed by atoms with van der Waals surface area (Å²) in [5.41, 5.74) is 1.63. The Morgan fingerprint density at radius 2 is 1.93 bits per heavy atom. The van der Waals surface area contributed by atoms with Gasteiger partial charge in [-0.3, -0.25) is 14.4 Å². The van der Waals surface area contributed by atoms with Crippen molar-refractivity contribution in [3.8, 4) is 0 Å². The van der Waals surface area contributed by atoms with E-state index in [0.717, 1.165) is 16.5 Å². The lowest BCUT2D eigenvalue weighted by atomic mass is 10.0. The van der Waals surface area contributed by atoms with Crippen molar-refractivity contribution in [2.24, 2.45) is 0 Å². The zero-order chi connectivity index (χ0) is 19.6. The Bertz CT molecular complexity index is 906. The predicted molar refractivity (Wildman–Crippen MR) is 95.7 cm³/mol. The van der Waals surface area contributed by atoms with Crippen molar-refractivity contribution in [1.29, 1.82) is 0 Å². The van der Waals surface area contributed by atoms with Gasteiger partial charge in [-0.1, -0.05) is 18.2 Å². The number of carboxylic acid groups (broad SMARTS) is 1. The highest BCUT2D eigenvalue weighted by molar-refractivity contribution is 5.99. The van der Waals surface area contributed by atoms with E-state index in [1.807, 2.05) is 24.3 Å². The van der Waals surface area contributed by atoms with Gasteiger partial charge in [0, 0.05) is 23.5 Å². The lowest BCUT2D eigenvalue weighted by molar-refractivity contribution is -0.142. The van der Waals surface area contributed by atoms with Crippen LogP contribution in [-0.2, 0) is 25.6 Å². The molecule has 1 aromatic carbocycles. The number of fused-ring (bicyclic) bond motifs is 1. The minimum Gasteiger partial charge on any atom is -0.480 e. The SMILES string of the molecule is C[C@@H]1NC(=O)[C@H](CC(=O)N[C@@H](Cc2c[nH]c3ccccc23)C(=O)O)NC1=O. The Balaban J connectivity index is 1.66. The van der Waals surface area contributed by atoms with Crippen molar-refractivity contribution in [2.45, 2.75) is 37.9 Å². The summed E-state index contributed by atoms with van der Waals surface area (Å²) in [6, 6.07) is 4.62. The van der Waals surface area contributed by atoms with E-state index < -0.39 is 35.9 Å². The number of piperazine rings is 1. The maximum atomic E-state index is 12.2. The molecule has 1 aliphatic rings. The van der Waals surface area contributed by atoms with Crippen LogP contribution in [0, 0.1) is 0 Å². The van der Waals surface area contributed by atoms with Crippen molar-refractivity contribution < 1.29 is 24.3 Å². The van der Waals surface area contributed by atoms with Gasteiger partial charge in [-0.05, 0) is 18.6 Å². The normalized spacial score (nSPS) is 20.6. The average molecular weight is 372 g/mol. The van der Waals surface area contributed by atoms with Crippen LogP contribution in [0.25, 0.3) is 10.9 Å². The molecule has 1 saturated heterocycles. The number of carboxylic acids is 1. The summed E-state index contributed by atoms with van der Waals surface area (Å²) < 4.78 is 0. The molecule has 0 saturated carbocycles. The first-order valence-corrected chi connectivity index (χ1v) is 8.53. The van der Waals surface area contributed by atoms with Crippen molar-refractivity contribution in [2.75, 3.05) is 0 Å². The molecule has 5 N–H and O–H groups in total. The van der Waals surface area contributed by atoms with Crippen LogP contribution in [0.15, 0.2) is 30.5 Å². The van der Waals surface area contributed by atoms with E-state index in [4.69, 9.17) is 0 Å². The zero-order valence-corrected chi connectivity index (χ0v) is 14.6. The molecular formula is C18H20N4O5. The molecule has 0 unspecified atom stereocenters. The average Bonchev–Trinajstić information content (AvgIpc) is 3.02. The lowest BCUT2D eigenvalue weighted by Gasteiger charge is -2.27. The molecule has 3 atom stereocenters. The standard InChI is InChI=1S/C18H20N4O5/c1-9-16(24)22-13(17(25)20-9)7-15(23)21-14(18(26)27)6-10-8-19-12-5-3-2-4-11(10)12/h2-5,8-9,13-14,19H,6-7H2,1H3,(H,20,25)(H,21,23)(H,22,24)(H,26,27)/t9-,13-,14-/m0/s1. The molecule has 27 heavy (non-hydrogen) atoms. The molecule has 0 bridgehead atoms. The molecule has 1 aromatic heterocycles. The molecule has 0 aliphatic carbocycles. The highest BCUT2D eigenvalue weighted by Gasteiger charge is 2.33. The van der Waals surface area contributed by atoms with Crippen LogP contribution < -0.4 is 16.0 Å². The fraction of sp³-hybridized carbons (Fsp3) is 0.333. The van der Waals surface area contributed by atoms with E-state index in [2.05, 4.69) is 20.9 Å². The fourth-order valence-corrected chi connectivity index (χ4v) is 3.04. The number of para-hydroxylation sites is 1.